The first-order valence-electron chi connectivity index (χ1n) is 5.91. The van der Waals surface area contributed by atoms with Gasteiger partial charge in [0.05, 0.1) is 17.4 Å². The highest BCUT2D eigenvalue weighted by atomic mass is 35.5. The molecule has 0 aliphatic carbocycles. The molecule has 6 heteroatoms. The summed E-state index contributed by atoms with van der Waals surface area (Å²) in [4.78, 5) is 6.35. The van der Waals surface area contributed by atoms with Gasteiger partial charge in [0.25, 0.3) is 0 Å². The van der Waals surface area contributed by atoms with Crippen LogP contribution in [0.4, 0.5) is 5.69 Å². The smallest absolute Gasteiger partial charge is 0.154 e. The summed E-state index contributed by atoms with van der Waals surface area (Å²) in [6.45, 7) is 4.38. The van der Waals surface area contributed by atoms with Crippen LogP contribution in [0.15, 0.2) is 12.3 Å². The molecule has 0 saturated carbocycles. The van der Waals surface area contributed by atoms with Gasteiger partial charge in [-0.3, -0.25) is 4.98 Å². The maximum Gasteiger partial charge on any atom is 0.154 e. The Bertz CT molecular complexity index is 545. The Balaban J connectivity index is 2.34. The van der Waals surface area contributed by atoms with E-state index in [4.69, 9.17) is 11.6 Å². The van der Waals surface area contributed by atoms with Crippen LogP contribution in [-0.4, -0.2) is 37.5 Å². The van der Waals surface area contributed by atoms with Crippen LogP contribution in [0.1, 0.15) is 18.2 Å². The molecule has 1 aliphatic rings. The van der Waals surface area contributed by atoms with Crippen molar-refractivity contribution in [1.29, 1.82) is 0 Å². The molecule has 1 aliphatic heterocycles. The summed E-state index contributed by atoms with van der Waals surface area (Å²) in [6.07, 6.45) is 1.77. The second-order valence-electron chi connectivity index (χ2n) is 4.74. The maximum atomic E-state index is 11.6. The number of alkyl halides is 1. The first-order valence-corrected chi connectivity index (χ1v) is 8.27. The zero-order valence-corrected chi connectivity index (χ0v) is 12.1. The van der Waals surface area contributed by atoms with Gasteiger partial charge in [-0.1, -0.05) is 0 Å². The standard InChI is InChI=1S/C12H17ClN2O2S/c1-9-5-12(11(6-13)7-14-9)15-3-4-18(16,17)8-10(15)2/h5,7,10H,3-4,6,8H2,1-2H3. The van der Waals surface area contributed by atoms with Gasteiger partial charge in [-0.25, -0.2) is 8.42 Å². The third-order valence-electron chi connectivity index (χ3n) is 3.22. The van der Waals surface area contributed by atoms with Crippen molar-refractivity contribution < 1.29 is 8.42 Å². The van der Waals surface area contributed by atoms with Crippen LogP contribution >= 0.6 is 11.6 Å². The Labute approximate surface area is 113 Å². The molecule has 1 aromatic heterocycles. The van der Waals surface area contributed by atoms with Crippen molar-refractivity contribution in [3.8, 4) is 0 Å². The third kappa shape index (κ3) is 2.78. The molecule has 1 unspecified atom stereocenters. The number of hydrogen-bond donors (Lipinski definition) is 0. The summed E-state index contributed by atoms with van der Waals surface area (Å²) in [7, 11) is -2.89. The Morgan fingerprint density at radius 1 is 1.56 bits per heavy atom. The monoisotopic (exact) mass is 288 g/mol. The molecule has 1 fully saturated rings. The van der Waals surface area contributed by atoms with Crippen LogP contribution in [0.5, 0.6) is 0 Å². The highest BCUT2D eigenvalue weighted by molar-refractivity contribution is 7.91. The minimum absolute atomic E-state index is 0.0208. The number of halogens is 1. The van der Waals surface area contributed by atoms with Crippen molar-refractivity contribution in [3.05, 3.63) is 23.5 Å². The van der Waals surface area contributed by atoms with Crippen molar-refractivity contribution in [3.63, 3.8) is 0 Å². The van der Waals surface area contributed by atoms with Gasteiger partial charge in [-0.2, -0.15) is 0 Å². The Morgan fingerprint density at radius 2 is 2.28 bits per heavy atom. The molecule has 4 nitrogen and oxygen atoms in total. The molecule has 0 spiro atoms. The van der Waals surface area contributed by atoms with E-state index in [1.54, 1.807) is 6.20 Å². The largest absolute Gasteiger partial charge is 0.366 e. The first kappa shape index (κ1) is 13.6. The lowest BCUT2D eigenvalue weighted by Crippen LogP contribution is -2.47. The molecule has 0 aromatic carbocycles. The number of rotatable bonds is 2. The molecule has 0 N–H and O–H groups in total. The molecule has 18 heavy (non-hydrogen) atoms. The molecule has 2 heterocycles. The van der Waals surface area contributed by atoms with Crippen molar-refractivity contribution in [2.24, 2.45) is 0 Å². The summed E-state index contributed by atoms with van der Waals surface area (Å²) in [5.74, 6) is 0.801. The van der Waals surface area contributed by atoms with Crippen molar-refractivity contribution >= 4 is 27.1 Å². The molecule has 0 bridgehead atoms. The van der Waals surface area contributed by atoms with E-state index in [1.807, 2.05) is 19.9 Å². The van der Waals surface area contributed by atoms with Gasteiger partial charge in [0.2, 0.25) is 0 Å². The number of anilines is 1. The van der Waals surface area contributed by atoms with Crippen molar-refractivity contribution in [2.45, 2.75) is 25.8 Å². The second kappa shape index (κ2) is 5.05. The fourth-order valence-electron chi connectivity index (χ4n) is 2.30. The Hall–Kier alpha value is -0.810. The van der Waals surface area contributed by atoms with Gasteiger partial charge in [0, 0.05) is 35.7 Å². The molecular weight excluding hydrogens is 272 g/mol. The number of nitrogens with zero attached hydrogens (tertiary/aromatic N) is 2. The molecule has 0 radical (unpaired) electrons. The highest BCUT2D eigenvalue weighted by Crippen LogP contribution is 2.27. The molecule has 1 aromatic rings. The van der Waals surface area contributed by atoms with Crippen LogP contribution in [0.3, 0.4) is 0 Å². The predicted octanol–water partition coefficient (Wildman–Crippen LogP) is 1.75. The SMILES string of the molecule is Cc1cc(N2CCS(=O)(=O)CC2C)c(CCl)cn1. The van der Waals surface area contributed by atoms with Gasteiger partial charge in [-0.05, 0) is 19.9 Å². The number of pyridine rings is 1. The first-order chi connectivity index (χ1) is 8.43. The lowest BCUT2D eigenvalue weighted by atomic mass is 10.1. The fourth-order valence-corrected chi connectivity index (χ4v) is 4.06. The van der Waals surface area contributed by atoms with Crippen molar-refractivity contribution in [1.82, 2.24) is 4.98 Å². The van der Waals surface area contributed by atoms with E-state index in [1.165, 1.54) is 0 Å². The molecule has 2 rings (SSSR count). The lowest BCUT2D eigenvalue weighted by Gasteiger charge is -2.36. The third-order valence-corrected chi connectivity index (χ3v) is 5.31. The van der Waals surface area contributed by atoms with Crippen molar-refractivity contribution in [2.75, 3.05) is 23.0 Å². The summed E-state index contributed by atoms with van der Waals surface area (Å²) in [5.41, 5.74) is 2.88. The summed E-state index contributed by atoms with van der Waals surface area (Å²) >= 11 is 5.92. The summed E-state index contributed by atoms with van der Waals surface area (Å²) in [6, 6.07) is 1.96. The van der Waals surface area contributed by atoms with E-state index in [0.29, 0.717) is 12.4 Å². The zero-order valence-electron chi connectivity index (χ0n) is 10.6. The number of sulfone groups is 1. The zero-order chi connectivity index (χ0) is 13.3. The van der Waals surface area contributed by atoms with Gasteiger partial charge in [0.15, 0.2) is 9.84 Å². The molecule has 100 valence electrons. The van der Waals surface area contributed by atoms with E-state index in [-0.39, 0.29) is 17.5 Å². The minimum atomic E-state index is -2.89. The highest BCUT2D eigenvalue weighted by Gasteiger charge is 2.29. The lowest BCUT2D eigenvalue weighted by molar-refractivity contribution is 0.568. The number of hydrogen-bond acceptors (Lipinski definition) is 4. The molecule has 0 amide bonds. The summed E-state index contributed by atoms with van der Waals surface area (Å²) < 4.78 is 23.2. The normalized spacial score (nSPS) is 23.1. The quantitative estimate of drug-likeness (QED) is 0.778. The van der Waals surface area contributed by atoms with Crippen LogP contribution < -0.4 is 4.90 Å². The Kier molecular flexibility index (Phi) is 3.82. The van der Waals surface area contributed by atoms with Gasteiger partial charge >= 0.3 is 0 Å². The predicted molar refractivity (Wildman–Crippen MR) is 74.0 cm³/mol. The fraction of sp³-hybridized carbons (Fsp3) is 0.583. The average Bonchev–Trinajstić information content (AvgIpc) is 2.28. The van der Waals surface area contributed by atoms with Crippen LogP contribution in [0.2, 0.25) is 0 Å². The number of aryl methyl sites for hydroxylation is 1. The minimum Gasteiger partial charge on any atom is -0.366 e. The topological polar surface area (TPSA) is 50.3 Å². The Morgan fingerprint density at radius 3 is 2.89 bits per heavy atom. The van der Waals surface area contributed by atoms with E-state index in [9.17, 15) is 8.42 Å². The van der Waals surface area contributed by atoms with Crippen LogP contribution in [0.25, 0.3) is 0 Å². The average molecular weight is 289 g/mol. The summed E-state index contributed by atoms with van der Waals surface area (Å²) in [5, 5.41) is 0. The number of aromatic nitrogens is 1. The van der Waals surface area contributed by atoms with Crippen LogP contribution in [0, 0.1) is 6.92 Å². The van der Waals surface area contributed by atoms with E-state index in [2.05, 4.69) is 9.88 Å². The van der Waals surface area contributed by atoms with E-state index < -0.39 is 9.84 Å². The van der Waals surface area contributed by atoms with Gasteiger partial charge in [0.1, 0.15) is 0 Å². The molecule has 1 saturated heterocycles. The molecular formula is C12H17ClN2O2S. The van der Waals surface area contributed by atoms with Gasteiger partial charge in [-0.15, -0.1) is 11.6 Å². The van der Waals surface area contributed by atoms with E-state index >= 15 is 0 Å². The van der Waals surface area contributed by atoms with Crippen LogP contribution in [-0.2, 0) is 15.7 Å². The maximum absolute atomic E-state index is 11.6. The molecule has 1 atom stereocenters. The van der Waals surface area contributed by atoms with E-state index in [0.717, 1.165) is 16.9 Å². The van der Waals surface area contributed by atoms with Gasteiger partial charge < -0.3 is 4.90 Å². The second-order valence-corrected chi connectivity index (χ2v) is 7.24.